The average molecular weight is 1290 g/mol. The lowest BCUT2D eigenvalue weighted by Gasteiger charge is -2.15. The van der Waals surface area contributed by atoms with Gasteiger partial charge >= 0.3 is 0 Å². The Hall–Kier alpha value is -12.3. The Morgan fingerprint density at radius 2 is 0.500 bits per heavy atom. The fourth-order valence-corrected chi connectivity index (χ4v) is 19.6. The van der Waals surface area contributed by atoms with E-state index in [1.165, 1.54) is 26.9 Å². The molecule has 0 N–H and O–H groups in total. The zero-order chi connectivity index (χ0) is 64.2. The highest BCUT2D eigenvalue weighted by Crippen LogP contribution is 2.50. The molecule has 2 unspecified atom stereocenters. The number of fused-ring (bicyclic) bond motifs is 22. The standard InChI is InChI=1S/C88H52N6O2S2/c95-97-80-44-39-56(89-72-31-13-7-24-61(72)62-25-8-14-32-73(62)89)49-68(80)69-50-57(40-45-81(69)97)90-74-33-15-9-26-63(74)84-60(30-19-37-78(84)90)53-38-43-67-79(48-53)92(55-22-5-2-6-23-55)88-86(67)66-29-12-18-36-77(66)94(88)59-42-47-83-71(52-59)70-51-58(41-46-82(70)98(83)96)93-76-35-17-11-28-65(76)85-64-27-10-16-34-75(64)91(87(85)93)54-20-3-1-4-21-54/h1-52H. The molecule has 2 aliphatic heterocycles. The topological polar surface area (TPSA) is 63.7 Å². The van der Waals surface area contributed by atoms with Gasteiger partial charge in [-0.15, -0.1) is 0 Å². The van der Waals surface area contributed by atoms with Crippen LogP contribution in [0.4, 0.5) is 0 Å². The maximum atomic E-state index is 14.9. The minimum absolute atomic E-state index is 0.807. The van der Waals surface area contributed by atoms with E-state index in [2.05, 4.69) is 343 Å². The summed E-state index contributed by atoms with van der Waals surface area (Å²) in [5.74, 6) is 0. The summed E-state index contributed by atoms with van der Waals surface area (Å²) in [6.07, 6.45) is 0. The van der Waals surface area contributed by atoms with Gasteiger partial charge in [0.05, 0.1) is 85.3 Å². The van der Waals surface area contributed by atoms with Gasteiger partial charge in [-0.05, 0) is 157 Å². The smallest absolute Gasteiger partial charge is 0.131 e. The zero-order valence-electron chi connectivity index (χ0n) is 52.3. The highest BCUT2D eigenvalue weighted by Gasteiger charge is 2.32. The van der Waals surface area contributed by atoms with Crippen LogP contribution in [-0.2, 0) is 21.6 Å². The molecule has 0 spiro atoms. The van der Waals surface area contributed by atoms with Crippen molar-refractivity contribution in [1.29, 1.82) is 0 Å². The van der Waals surface area contributed by atoms with E-state index in [0.717, 1.165) is 169 Å². The van der Waals surface area contributed by atoms with E-state index < -0.39 is 21.6 Å². The lowest BCUT2D eigenvalue weighted by Crippen LogP contribution is -2.02. The van der Waals surface area contributed by atoms with E-state index in [4.69, 9.17) is 0 Å². The minimum Gasteiger partial charge on any atom is -0.309 e. The van der Waals surface area contributed by atoms with Crippen molar-refractivity contribution < 1.29 is 8.42 Å². The molecule has 0 aliphatic carbocycles. The van der Waals surface area contributed by atoms with Crippen LogP contribution < -0.4 is 0 Å². The number of aromatic nitrogens is 6. The van der Waals surface area contributed by atoms with Gasteiger partial charge in [-0.3, -0.25) is 18.3 Å². The molecule has 2 atom stereocenters. The molecule has 0 saturated heterocycles. The van der Waals surface area contributed by atoms with Crippen LogP contribution in [-0.4, -0.2) is 35.8 Å². The normalized spacial score (nSPS) is 14.2. The quantitative estimate of drug-likeness (QED) is 0.160. The van der Waals surface area contributed by atoms with Crippen LogP contribution in [0.2, 0.25) is 0 Å². The maximum absolute atomic E-state index is 14.9. The maximum Gasteiger partial charge on any atom is 0.131 e. The summed E-state index contributed by atoms with van der Waals surface area (Å²) in [5.41, 5.74) is 23.3. The van der Waals surface area contributed by atoms with Crippen molar-refractivity contribution in [2.75, 3.05) is 0 Å². The molecule has 10 heteroatoms. The summed E-state index contributed by atoms with van der Waals surface area (Å²) in [5, 5.41) is 11.7. The van der Waals surface area contributed by atoms with Crippen LogP contribution in [0, 0.1) is 0 Å². The second-order valence-corrected chi connectivity index (χ2v) is 28.7. The lowest BCUT2D eigenvalue weighted by atomic mass is 9.98. The minimum atomic E-state index is -1.40. The fourth-order valence-electron chi connectivity index (χ4n) is 16.9. The Bertz CT molecular complexity index is 6920. The Balaban J connectivity index is 0.711. The van der Waals surface area contributed by atoms with Crippen molar-refractivity contribution >= 4 is 131 Å². The van der Waals surface area contributed by atoms with Crippen LogP contribution in [0.25, 0.3) is 177 Å². The van der Waals surface area contributed by atoms with Crippen molar-refractivity contribution in [3.63, 3.8) is 0 Å². The Morgan fingerprint density at radius 3 is 0.929 bits per heavy atom. The molecule has 6 aromatic heterocycles. The molecule has 0 amide bonds. The average Bonchev–Trinajstić information content (AvgIpc) is 1.55. The lowest BCUT2D eigenvalue weighted by molar-refractivity contribution is 0.684. The predicted molar refractivity (Wildman–Crippen MR) is 403 cm³/mol. The number of rotatable bonds is 7. The predicted octanol–water partition coefficient (Wildman–Crippen LogP) is 21.9. The van der Waals surface area contributed by atoms with Crippen LogP contribution in [0.1, 0.15) is 0 Å². The van der Waals surface area contributed by atoms with E-state index in [9.17, 15) is 8.42 Å². The van der Waals surface area contributed by atoms with Crippen LogP contribution >= 0.6 is 0 Å². The molecular formula is C88H52N6O2S2. The van der Waals surface area contributed by atoms with Gasteiger partial charge in [0, 0.05) is 110 Å². The first-order valence-corrected chi connectivity index (χ1v) is 35.4. The molecule has 8 heterocycles. The summed E-state index contributed by atoms with van der Waals surface area (Å²) in [4.78, 5) is 3.27. The van der Waals surface area contributed by atoms with E-state index in [1.54, 1.807) is 0 Å². The van der Waals surface area contributed by atoms with Crippen molar-refractivity contribution in [3.05, 3.63) is 315 Å². The molecule has 20 aromatic rings. The third-order valence-electron chi connectivity index (χ3n) is 20.9. The molecule has 2 aliphatic rings. The van der Waals surface area contributed by atoms with Crippen molar-refractivity contribution in [1.82, 2.24) is 27.4 Å². The third-order valence-corrected chi connectivity index (χ3v) is 23.9. The SMILES string of the molecule is O=S1c2ccc(-n3c4ccccc4c4ccccc43)cc2-c2cc(-n3c4ccccc4c4c(-c5ccc6c7c8ccccc8n(-c8ccc9c(c8)-c8cc(-n%10c%11ccccc%11c%11c%12ccccc%12n(-c%12ccccc%12)c%11%10)ccc8S9=O)c7n(-c7ccccc7)c6c5)cccc43)ccc21. The van der Waals surface area contributed by atoms with Gasteiger partial charge < -0.3 is 9.13 Å². The number of nitrogens with zero attached hydrogens (tertiary/aromatic N) is 6. The first-order chi connectivity index (χ1) is 48.5. The summed E-state index contributed by atoms with van der Waals surface area (Å²) in [6, 6.07) is 113. The first-order valence-electron chi connectivity index (χ1n) is 33.1. The van der Waals surface area contributed by atoms with E-state index in [1.807, 2.05) is 0 Å². The van der Waals surface area contributed by atoms with Gasteiger partial charge in [0.15, 0.2) is 0 Å². The molecule has 14 aromatic carbocycles. The molecule has 0 fully saturated rings. The van der Waals surface area contributed by atoms with Gasteiger partial charge in [-0.25, -0.2) is 8.42 Å². The number of hydrogen-bond donors (Lipinski definition) is 0. The molecule has 0 saturated carbocycles. The number of para-hydroxylation sites is 8. The number of benzene rings is 14. The van der Waals surface area contributed by atoms with E-state index >= 15 is 0 Å². The van der Waals surface area contributed by atoms with Gasteiger partial charge in [-0.1, -0.05) is 170 Å². The summed E-state index contributed by atoms with van der Waals surface area (Å²) in [7, 11) is -2.74. The summed E-state index contributed by atoms with van der Waals surface area (Å²) < 4.78 is 43.8. The molecule has 8 nitrogen and oxygen atoms in total. The molecular weight excluding hydrogens is 1240 g/mol. The largest absolute Gasteiger partial charge is 0.309 e. The molecule has 0 bridgehead atoms. The van der Waals surface area contributed by atoms with Crippen molar-refractivity contribution in [2.45, 2.75) is 19.6 Å². The summed E-state index contributed by atoms with van der Waals surface area (Å²) >= 11 is 0. The fraction of sp³-hybridized carbons (Fsp3) is 0. The monoisotopic (exact) mass is 1290 g/mol. The van der Waals surface area contributed by atoms with Crippen LogP contribution in [0.15, 0.2) is 335 Å². The molecule has 0 radical (unpaired) electrons. The Kier molecular flexibility index (Phi) is 11.1. The Labute approximate surface area is 565 Å². The van der Waals surface area contributed by atoms with E-state index in [0.29, 0.717) is 0 Å². The summed E-state index contributed by atoms with van der Waals surface area (Å²) in [6.45, 7) is 0. The van der Waals surface area contributed by atoms with Crippen molar-refractivity contribution in [2.24, 2.45) is 0 Å². The molecule has 22 rings (SSSR count). The van der Waals surface area contributed by atoms with Gasteiger partial charge in [0.1, 0.15) is 11.3 Å². The first kappa shape index (κ1) is 54.0. The van der Waals surface area contributed by atoms with Gasteiger partial charge in [-0.2, -0.15) is 0 Å². The highest BCUT2D eigenvalue weighted by atomic mass is 32.2. The van der Waals surface area contributed by atoms with Crippen LogP contribution in [0.5, 0.6) is 0 Å². The van der Waals surface area contributed by atoms with Gasteiger partial charge in [0.2, 0.25) is 0 Å². The zero-order valence-corrected chi connectivity index (χ0v) is 54.0. The Morgan fingerprint density at radius 1 is 0.194 bits per heavy atom. The second kappa shape index (κ2) is 20.1. The van der Waals surface area contributed by atoms with E-state index in [-0.39, 0.29) is 0 Å². The molecule has 458 valence electrons. The number of hydrogen-bond acceptors (Lipinski definition) is 2. The van der Waals surface area contributed by atoms with Crippen molar-refractivity contribution in [3.8, 4) is 67.5 Å². The highest BCUT2D eigenvalue weighted by molar-refractivity contribution is 7.86. The second-order valence-electron chi connectivity index (χ2n) is 25.9. The molecule has 98 heavy (non-hydrogen) atoms. The van der Waals surface area contributed by atoms with Gasteiger partial charge in [0.25, 0.3) is 0 Å². The van der Waals surface area contributed by atoms with Crippen LogP contribution in [0.3, 0.4) is 0 Å². The third kappa shape index (κ3) is 7.26.